The summed E-state index contributed by atoms with van der Waals surface area (Å²) in [6.07, 6.45) is 0. The van der Waals surface area contributed by atoms with Crippen LogP contribution >= 0.6 is 15.9 Å². The van der Waals surface area contributed by atoms with Crippen molar-refractivity contribution in [3.8, 4) is 22.6 Å². The monoisotopic (exact) mass is 424 g/mol. The average molecular weight is 425 g/mol. The van der Waals surface area contributed by atoms with Gasteiger partial charge in [-0.15, -0.1) is 0 Å². The number of non-ortho nitro benzene ring substituents is 1. The molecule has 0 saturated carbocycles. The first-order valence-electron chi connectivity index (χ1n) is 8.10. The maximum Gasteiger partial charge on any atom is 0.270 e. The van der Waals surface area contributed by atoms with E-state index >= 15 is 0 Å². The highest BCUT2D eigenvalue weighted by Gasteiger charge is 2.16. The molecule has 27 heavy (non-hydrogen) atoms. The third-order valence-electron chi connectivity index (χ3n) is 4.19. The van der Waals surface area contributed by atoms with Gasteiger partial charge in [-0.05, 0) is 58.7 Å². The predicted octanol–water partition coefficient (Wildman–Crippen LogP) is 6.27. The van der Waals surface area contributed by atoms with Crippen LogP contribution < -0.4 is 4.74 Å². The summed E-state index contributed by atoms with van der Waals surface area (Å²) in [5.74, 6) is 1.13. The largest absolute Gasteiger partial charge is 0.456 e. The Balaban J connectivity index is 1.87. The third kappa shape index (κ3) is 3.29. The molecule has 0 amide bonds. The second kappa shape index (κ2) is 6.85. The van der Waals surface area contributed by atoms with Crippen molar-refractivity contribution >= 4 is 32.6 Å². The number of nitro groups is 1. The van der Waals surface area contributed by atoms with E-state index in [1.54, 1.807) is 12.1 Å². The first kappa shape index (κ1) is 17.2. The fraction of sp³-hybridized carbons (Fsp3) is 0.0500. The number of hydrogen-bond donors (Lipinski definition) is 0. The number of nitro benzene ring substituents is 1. The molecule has 1 heterocycles. The molecule has 4 aromatic rings. The Hall–Kier alpha value is -3.19. The summed E-state index contributed by atoms with van der Waals surface area (Å²) in [5, 5.41) is 16.1. The molecule has 0 bridgehead atoms. The molecule has 0 aliphatic carbocycles. The number of fused-ring (bicyclic) bond motifs is 1. The zero-order valence-corrected chi connectivity index (χ0v) is 15.8. The summed E-state index contributed by atoms with van der Waals surface area (Å²) in [6, 6.07) is 17.5. The number of aromatic nitrogens is 1. The summed E-state index contributed by atoms with van der Waals surface area (Å²) < 4.78 is 12.1. The smallest absolute Gasteiger partial charge is 0.270 e. The normalized spacial score (nSPS) is 10.9. The van der Waals surface area contributed by atoms with Gasteiger partial charge in [0.05, 0.1) is 15.1 Å². The average Bonchev–Trinajstić information content (AvgIpc) is 3.04. The lowest BCUT2D eigenvalue weighted by Crippen LogP contribution is -1.93. The zero-order valence-electron chi connectivity index (χ0n) is 14.2. The lowest BCUT2D eigenvalue weighted by Gasteiger charge is -2.12. The fourth-order valence-electron chi connectivity index (χ4n) is 2.82. The minimum absolute atomic E-state index is 0.00776. The van der Waals surface area contributed by atoms with Crippen molar-refractivity contribution in [2.75, 3.05) is 0 Å². The maximum atomic E-state index is 11.3. The predicted molar refractivity (Wildman–Crippen MR) is 105 cm³/mol. The molecule has 0 unspecified atom stereocenters. The van der Waals surface area contributed by atoms with Gasteiger partial charge in [-0.25, -0.2) is 0 Å². The number of nitrogens with zero attached hydrogens (tertiary/aromatic N) is 2. The minimum Gasteiger partial charge on any atom is -0.456 e. The molecule has 0 aliphatic rings. The van der Waals surface area contributed by atoms with Crippen LogP contribution in [0.2, 0.25) is 0 Å². The lowest BCUT2D eigenvalue weighted by atomic mass is 10.0. The van der Waals surface area contributed by atoms with Crippen LogP contribution in [0.3, 0.4) is 0 Å². The first-order valence-corrected chi connectivity index (χ1v) is 8.89. The topological polar surface area (TPSA) is 78.4 Å². The molecule has 1 aromatic heterocycles. The van der Waals surface area contributed by atoms with Gasteiger partial charge in [0, 0.05) is 23.1 Å². The number of para-hydroxylation sites is 1. The molecule has 0 saturated heterocycles. The summed E-state index contributed by atoms with van der Waals surface area (Å²) in [7, 11) is 0. The highest BCUT2D eigenvalue weighted by atomic mass is 79.9. The van der Waals surface area contributed by atoms with Gasteiger partial charge < -0.3 is 9.26 Å². The molecule has 0 radical (unpaired) electrons. The van der Waals surface area contributed by atoms with E-state index in [1.165, 1.54) is 12.1 Å². The second-order valence-electron chi connectivity index (χ2n) is 5.95. The van der Waals surface area contributed by atoms with E-state index in [0.29, 0.717) is 22.6 Å². The van der Waals surface area contributed by atoms with Gasteiger partial charge in [-0.1, -0.05) is 23.4 Å². The van der Waals surface area contributed by atoms with Gasteiger partial charge in [0.25, 0.3) is 5.69 Å². The van der Waals surface area contributed by atoms with Crippen LogP contribution in [0.5, 0.6) is 11.5 Å². The number of benzene rings is 3. The van der Waals surface area contributed by atoms with Gasteiger partial charge in [-0.3, -0.25) is 10.1 Å². The molecule has 0 aliphatic heterocycles. The molecule has 0 fully saturated rings. The SMILES string of the molecule is Cc1noc2ccc(-c3cc([N+](=O)[O-])ccc3Oc3ccccc3Br)cc12. The van der Waals surface area contributed by atoms with E-state index in [1.807, 2.05) is 43.3 Å². The van der Waals surface area contributed by atoms with Crippen molar-refractivity contribution < 1.29 is 14.2 Å². The van der Waals surface area contributed by atoms with E-state index in [4.69, 9.17) is 9.26 Å². The summed E-state index contributed by atoms with van der Waals surface area (Å²) in [4.78, 5) is 10.8. The van der Waals surface area contributed by atoms with Gasteiger partial charge in [0.1, 0.15) is 11.5 Å². The van der Waals surface area contributed by atoms with E-state index < -0.39 is 4.92 Å². The third-order valence-corrected chi connectivity index (χ3v) is 4.85. The van der Waals surface area contributed by atoms with Crippen molar-refractivity contribution in [1.82, 2.24) is 5.16 Å². The quantitative estimate of drug-likeness (QED) is 0.285. The Morgan fingerprint density at radius 1 is 1.07 bits per heavy atom. The Labute approximate surface area is 162 Å². The molecule has 7 heteroatoms. The Kier molecular flexibility index (Phi) is 4.37. The Morgan fingerprint density at radius 2 is 1.89 bits per heavy atom. The van der Waals surface area contributed by atoms with Gasteiger partial charge in [-0.2, -0.15) is 0 Å². The second-order valence-corrected chi connectivity index (χ2v) is 6.80. The van der Waals surface area contributed by atoms with Crippen LogP contribution in [0, 0.1) is 17.0 Å². The molecular weight excluding hydrogens is 412 g/mol. The zero-order chi connectivity index (χ0) is 19.0. The van der Waals surface area contributed by atoms with Crippen LogP contribution in [-0.2, 0) is 0 Å². The van der Waals surface area contributed by atoms with E-state index in [2.05, 4.69) is 21.1 Å². The lowest BCUT2D eigenvalue weighted by molar-refractivity contribution is -0.384. The van der Waals surface area contributed by atoms with Crippen molar-refractivity contribution in [3.63, 3.8) is 0 Å². The van der Waals surface area contributed by atoms with Crippen molar-refractivity contribution in [1.29, 1.82) is 0 Å². The fourth-order valence-corrected chi connectivity index (χ4v) is 3.18. The van der Waals surface area contributed by atoms with Gasteiger partial charge in [0.2, 0.25) is 0 Å². The van der Waals surface area contributed by atoms with Gasteiger partial charge in [0.15, 0.2) is 5.58 Å². The Bertz CT molecular complexity index is 1170. The van der Waals surface area contributed by atoms with Crippen LogP contribution in [0.25, 0.3) is 22.1 Å². The molecule has 0 spiro atoms. The van der Waals surface area contributed by atoms with E-state index in [0.717, 1.165) is 21.1 Å². The summed E-state index contributed by atoms with van der Waals surface area (Å²) in [6.45, 7) is 1.85. The van der Waals surface area contributed by atoms with E-state index in [-0.39, 0.29) is 5.69 Å². The molecule has 3 aromatic carbocycles. The first-order chi connectivity index (χ1) is 13.0. The number of hydrogen-bond acceptors (Lipinski definition) is 5. The number of rotatable bonds is 4. The van der Waals surface area contributed by atoms with Gasteiger partial charge >= 0.3 is 0 Å². The summed E-state index contributed by atoms with van der Waals surface area (Å²) in [5.41, 5.74) is 2.80. The molecule has 0 N–H and O–H groups in total. The molecular formula is C20H13BrN2O4. The van der Waals surface area contributed by atoms with E-state index in [9.17, 15) is 10.1 Å². The number of ether oxygens (including phenoxy) is 1. The van der Waals surface area contributed by atoms with Crippen LogP contribution in [0.1, 0.15) is 5.69 Å². The standard InChI is InChI=1S/C20H13BrN2O4/c1-12-15-10-13(6-8-19(15)27-22-12)16-11-14(23(24)25)7-9-18(16)26-20-5-3-2-4-17(20)21/h2-11H,1H3. The van der Waals surface area contributed by atoms with Crippen molar-refractivity contribution in [2.24, 2.45) is 0 Å². The highest BCUT2D eigenvalue weighted by Crippen LogP contribution is 2.39. The van der Waals surface area contributed by atoms with Crippen LogP contribution in [0.4, 0.5) is 5.69 Å². The molecule has 0 atom stereocenters. The Morgan fingerprint density at radius 3 is 2.67 bits per heavy atom. The van der Waals surface area contributed by atoms with Crippen molar-refractivity contribution in [3.05, 3.63) is 80.9 Å². The molecule has 6 nitrogen and oxygen atoms in total. The van der Waals surface area contributed by atoms with Crippen LogP contribution in [-0.4, -0.2) is 10.1 Å². The highest BCUT2D eigenvalue weighted by molar-refractivity contribution is 9.10. The maximum absolute atomic E-state index is 11.3. The van der Waals surface area contributed by atoms with Crippen LogP contribution in [0.15, 0.2) is 69.7 Å². The number of halogens is 1. The molecule has 4 rings (SSSR count). The van der Waals surface area contributed by atoms with Crippen molar-refractivity contribution in [2.45, 2.75) is 6.92 Å². The number of aryl methyl sites for hydroxylation is 1. The molecule has 134 valence electrons. The summed E-state index contributed by atoms with van der Waals surface area (Å²) >= 11 is 3.46. The minimum atomic E-state index is -0.422.